The summed E-state index contributed by atoms with van der Waals surface area (Å²) in [5.41, 5.74) is 1.26. The Morgan fingerprint density at radius 3 is 2.81 bits per heavy atom. The molecule has 0 aromatic carbocycles. The zero-order chi connectivity index (χ0) is 15.7. The van der Waals surface area contributed by atoms with E-state index in [0.29, 0.717) is 25.7 Å². The van der Waals surface area contributed by atoms with Crippen molar-refractivity contribution in [1.82, 2.24) is 9.47 Å². The van der Waals surface area contributed by atoms with E-state index < -0.39 is 6.10 Å². The van der Waals surface area contributed by atoms with Crippen LogP contribution in [0.2, 0.25) is 0 Å². The number of aliphatic hydroxyl groups excluding tert-OH is 1. The van der Waals surface area contributed by atoms with Gasteiger partial charge in [-0.05, 0) is 31.0 Å². The second kappa shape index (κ2) is 9.77. The maximum atomic E-state index is 10.1. The van der Waals surface area contributed by atoms with Gasteiger partial charge in [0.2, 0.25) is 0 Å². The van der Waals surface area contributed by atoms with Crippen molar-refractivity contribution >= 4 is 0 Å². The molecule has 120 valence electrons. The molecule has 1 heterocycles. The number of aliphatic hydroxyl groups is 1. The van der Waals surface area contributed by atoms with E-state index in [0.717, 1.165) is 19.5 Å². The van der Waals surface area contributed by atoms with Crippen molar-refractivity contribution in [2.45, 2.75) is 32.9 Å². The first-order valence-electron chi connectivity index (χ1n) is 7.72. The molecule has 1 atom stereocenters. The van der Waals surface area contributed by atoms with Crippen molar-refractivity contribution in [2.24, 2.45) is 13.0 Å². The van der Waals surface area contributed by atoms with Crippen molar-refractivity contribution in [3.05, 3.63) is 36.7 Å². The second-order valence-electron chi connectivity index (χ2n) is 6.01. The molecule has 0 radical (unpaired) electrons. The lowest BCUT2D eigenvalue weighted by molar-refractivity contribution is 0.0233. The number of rotatable bonds is 11. The Kier molecular flexibility index (Phi) is 8.35. The summed E-state index contributed by atoms with van der Waals surface area (Å²) in [5, 5.41) is 10.1. The van der Waals surface area contributed by atoms with Gasteiger partial charge in [0.25, 0.3) is 0 Å². The lowest BCUT2D eigenvalue weighted by Gasteiger charge is -2.26. The van der Waals surface area contributed by atoms with Gasteiger partial charge in [0, 0.05) is 32.0 Å². The standard InChI is InChI=1S/C17H30N2O2/c1-5-11-21-14-17(20)13-19(10-8-15(2)3)12-16-7-6-9-18(16)4/h5-7,9,15,17,20H,1,8,10-14H2,2-4H3. The molecule has 0 aliphatic carbocycles. The van der Waals surface area contributed by atoms with Gasteiger partial charge in [0.05, 0.1) is 19.3 Å². The van der Waals surface area contributed by atoms with Crippen molar-refractivity contribution < 1.29 is 9.84 Å². The maximum Gasteiger partial charge on any atom is 0.0900 e. The Morgan fingerprint density at radius 1 is 1.48 bits per heavy atom. The highest BCUT2D eigenvalue weighted by molar-refractivity contribution is 5.06. The summed E-state index contributed by atoms with van der Waals surface area (Å²) in [4.78, 5) is 2.30. The quantitative estimate of drug-likeness (QED) is 0.503. The minimum Gasteiger partial charge on any atom is -0.389 e. The summed E-state index contributed by atoms with van der Waals surface area (Å²) in [6.07, 6.45) is 4.43. The lowest BCUT2D eigenvalue weighted by atomic mass is 10.1. The first-order chi connectivity index (χ1) is 10.0. The summed E-state index contributed by atoms with van der Waals surface area (Å²) >= 11 is 0. The Hall–Kier alpha value is -1.10. The minimum atomic E-state index is -0.461. The topological polar surface area (TPSA) is 37.6 Å². The third kappa shape index (κ3) is 7.46. The molecule has 0 aliphatic heterocycles. The summed E-state index contributed by atoms with van der Waals surface area (Å²) < 4.78 is 7.46. The van der Waals surface area contributed by atoms with E-state index >= 15 is 0 Å². The summed E-state index contributed by atoms with van der Waals surface area (Å²) in [7, 11) is 2.06. The Balaban J connectivity index is 2.51. The highest BCUT2D eigenvalue weighted by Gasteiger charge is 2.14. The summed E-state index contributed by atoms with van der Waals surface area (Å²) in [5.74, 6) is 0.662. The van der Waals surface area contributed by atoms with Crippen LogP contribution in [0.3, 0.4) is 0 Å². The Labute approximate surface area is 129 Å². The summed E-state index contributed by atoms with van der Waals surface area (Å²) in [6, 6.07) is 4.18. The predicted octanol–water partition coefficient (Wildman–Crippen LogP) is 2.44. The molecular weight excluding hydrogens is 264 g/mol. The molecule has 4 nitrogen and oxygen atoms in total. The second-order valence-corrected chi connectivity index (χ2v) is 6.01. The van der Waals surface area contributed by atoms with Crippen molar-refractivity contribution in [3.8, 4) is 0 Å². The van der Waals surface area contributed by atoms with E-state index in [1.165, 1.54) is 5.69 Å². The van der Waals surface area contributed by atoms with Crippen LogP contribution in [0.25, 0.3) is 0 Å². The van der Waals surface area contributed by atoms with E-state index in [4.69, 9.17) is 4.74 Å². The van der Waals surface area contributed by atoms with E-state index in [-0.39, 0.29) is 0 Å². The fraction of sp³-hybridized carbons (Fsp3) is 0.647. The van der Waals surface area contributed by atoms with E-state index in [1.807, 2.05) is 0 Å². The number of hydrogen-bond acceptors (Lipinski definition) is 3. The van der Waals surface area contributed by atoms with Gasteiger partial charge in [0.15, 0.2) is 0 Å². The predicted molar refractivity (Wildman–Crippen MR) is 87.2 cm³/mol. The largest absolute Gasteiger partial charge is 0.389 e. The van der Waals surface area contributed by atoms with Crippen LogP contribution >= 0.6 is 0 Å². The van der Waals surface area contributed by atoms with Gasteiger partial charge in [-0.1, -0.05) is 19.9 Å². The van der Waals surface area contributed by atoms with Crippen LogP contribution < -0.4 is 0 Å². The van der Waals surface area contributed by atoms with Gasteiger partial charge < -0.3 is 14.4 Å². The smallest absolute Gasteiger partial charge is 0.0900 e. The molecule has 0 saturated carbocycles. The molecule has 0 spiro atoms. The molecule has 21 heavy (non-hydrogen) atoms. The van der Waals surface area contributed by atoms with Crippen LogP contribution in [0.15, 0.2) is 31.0 Å². The molecule has 1 unspecified atom stereocenters. The van der Waals surface area contributed by atoms with Gasteiger partial charge >= 0.3 is 0 Å². The van der Waals surface area contributed by atoms with Crippen LogP contribution in [0.5, 0.6) is 0 Å². The lowest BCUT2D eigenvalue weighted by Crippen LogP contribution is -2.36. The van der Waals surface area contributed by atoms with Crippen LogP contribution in [0.4, 0.5) is 0 Å². The molecule has 0 bridgehead atoms. The van der Waals surface area contributed by atoms with Gasteiger partial charge in [-0.25, -0.2) is 0 Å². The van der Waals surface area contributed by atoms with Crippen LogP contribution in [-0.2, 0) is 18.3 Å². The molecule has 0 aliphatic rings. The zero-order valence-electron chi connectivity index (χ0n) is 13.7. The fourth-order valence-corrected chi connectivity index (χ4v) is 2.20. The number of ether oxygens (including phenoxy) is 1. The molecule has 4 heteroatoms. The third-order valence-electron chi connectivity index (χ3n) is 3.47. The van der Waals surface area contributed by atoms with E-state index in [1.54, 1.807) is 6.08 Å². The maximum absolute atomic E-state index is 10.1. The van der Waals surface area contributed by atoms with Gasteiger partial charge in [-0.2, -0.15) is 0 Å². The average Bonchev–Trinajstić information content (AvgIpc) is 2.82. The molecule has 1 N–H and O–H groups in total. The Morgan fingerprint density at radius 2 is 2.24 bits per heavy atom. The molecular formula is C17H30N2O2. The average molecular weight is 294 g/mol. The van der Waals surface area contributed by atoms with Gasteiger partial charge in [0.1, 0.15) is 0 Å². The Bertz CT molecular complexity index is 401. The van der Waals surface area contributed by atoms with Gasteiger partial charge in [-0.3, -0.25) is 4.90 Å². The normalized spacial score (nSPS) is 13.0. The van der Waals surface area contributed by atoms with Crippen molar-refractivity contribution in [1.29, 1.82) is 0 Å². The number of aromatic nitrogens is 1. The van der Waals surface area contributed by atoms with Crippen LogP contribution in [0.1, 0.15) is 26.0 Å². The van der Waals surface area contributed by atoms with Gasteiger partial charge in [-0.15, -0.1) is 6.58 Å². The number of aryl methyl sites for hydroxylation is 1. The third-order valence-corrected chi connectivity index (χ3v) is 3.47. The van der Waals surface area contributed by atoms with E-state index in [2.05, 4.69) is 55.3 Å². The number of nitrogens with zero attached hydrogens (tertiary/aromatic N) is 2. The molecule has 0 amide bonds. The fourth-order valence-electron chi connectivity index (χ4n) is 2.20. The molecule has 1 rings (SSSR count). The monoisotopic (exact) mass is 294 g/mol. The highest BCUT2D eigenvalue weighted by Crippen LogP contribution is 2.09. The van der Waals surface area contributed by atoms with E-state index in [9.17, 15) is 5.11 Å². The highest BCUT2D eigenvalue weighted by atomic mass is 16.5. The first kappa shape index (κ1) is 18.0. The van der Waals surface area contributed by atoms with Crippen LogP contribution in [0, 0.1) is 5.92 Å². The molecule has 0 saturated heterocycles. The number of hydrogen-bond donors (Lipinski definition) is 1. The molecule has 1 aromatic heterocycles. The zero-order valence-corrected chi connectivity index (χ0v) is 13.7. The van der Waals surface area contributed by atoms with Crippen LogP contribution in [-0.4, -0.2) is 47.0 Å². The SMILES string of the molecule is C=CCOCC(O)CN(CCC(C)C)Cc1cccn1C. The minimum absolute atomic E-state index is 0.358. The molecule has 0 fully saturated rings. The summed E-state index contributed by atoms with van der Waals surface area (Å²) in [6.45, 7) is 11.4. The van der Waals surface area contributed by atoms with Crippen molar-refractivity contribution in [3.63, 3.8) is 0 Å². The molecule has 1 aromatic rings. The first-order valence-corrected chi connectivity index (χ1v) is 7.72. The van der Waals surface area contributed by atoms with Crippen molar-refractivity contribution in [2.75, 3.05) is 26.3 Å².